The summed E-state index contributed by atoms with van der Waals surface area (Å²) in [6.07, 6.45) is 0. The average Bonchev–Trinajstić information content (AvgIpc) is 2.47. The van der Waals surface area contributed by atoms with E-state index in [1.165, 1.54) is 21.5 Å². The molecule has 0 heterocycles. The Morgan fingerprint density at radius 3 is 1.00 bits per heavy atom. The molecule has 0 aliphatic rings. The van der Waals surface area contributed by atoms with Crippen LogP contribution in [-0.4, -0.2) is 50.7 Å². The molecule has 0 radical (unpaired) electrons. The summed E-state index contributed by atoms with van der Waals surface area (Å²) in [5.74, 6) is 0. The topological polar surface area (TPSA) is 80.3 Å². The SMILES string of the molecule is O=C[O-].O=C[O-].[Ca+2].c1ccc2cc3ccccc3cc2c1. The van der Waals surface area contributed by atoms with Crippen molar-refractivity contribution in [3.63, 3.8) is 0 Å². The molecule has 0 aliphatic carbocycles. The van der Waals surface area contributed by atoms with Crippen LogP contribution in [0.5, 0.6) is 0 Å². The molecule has 0 N–H and O–H groups in total. The van der Waals surface area contributed by atoms with Crippen LogP contribution in [0.15, 0.2) is 60.7 Å². The zero-order chi connectivity index (χ0) is 14.8. The number of benzene rings is 3. The van der Waals surface area contributed by atoms with Crippen molar-refractivity contribution in [1.29, 1.82) is 0 Å². The van der Waals surface area contributed by atoms with Crippen LogP contribution in [0, 0.1) is 0 Å². The number of carbonyl (C=O) groups excluding carboxylic acids is 2. The fourth-order valence-electron chi connectivity index (χ4n) is 1.88. The van der Waals surface area contributed by atoms with Gasteiger partial charge in [-0.3, -0.25) is 0 Å². The second-order valence-electron chi connectivity index (χ2n) is 3.74. The zero-order valence-corrected chi connectivity index (χ0v) is 13.5. The first-order valence-electron chi connectivity index (χ1n) is 5.75. The van der Waals surface area contributed by atoms with Gasteiger partial charge in [-0.05, 0) is 33.7 Å². The van der Waals surface area contributed by atoms with Crippen LogP contribution in [0.4, 0.5) is 0 Å². The van der Waals surface area contributed by atoms with E-state index in [0.717, 1.165) is 0 Å². The van der Waals surface area contributed by atoms with E-state index in [-0.39, 0.29) is 37.7 Å². The summed E-state index contributed by atoms with van der Waals surface area (Å²) in [5.41, 5.74) is 0. The van der Waals surface area contributed by atoms with Gasteiger partial charge in [-0.25, -0.2) is 0 Å². The molecule has 0 unspecified atom stereocenters. The third kappa shape index (κ3) is 6.12. The predicted molar refractivity (Wildman–Crippen MR) is 79.3 cm³/mol. The van der Waals surface area contributed by atoms with E-state index in [2.05, 4.69) is 60.7 Å². The standard InChI is InChI=1S/C14H10.2CH2O2.Ca/c1-2-6-12-10-14-8-4-3-7-13(14)9-11(12)5-1;2*2-1-3;/h1-10H;2*1H,(H,2,3);/q;;;+2/p-2. The van der Waals surface area contributed by atoms with E-state index in [4.69, 9.17) is 19.8 Å². The number of carbonyl (C=O) groups is 2. The van der Waals surface area contributed by atoms with E-state index >= 15 is 0 Å². The Labute approximate surface area is 152 Å². The molecule has 3 aromatic carbocycles. The molecule has 3 aromatic rings. The molecule has 3 rings (SSSR count). The van der Waals surface area contributed by atoms with Gasteiger partial charge in [-0.15, -0.1) is 0 Å². The Morgan fingerprint density at radius 2 is 0.810 bits per heavy atom. The number of hydrogen-bond donors (Lipinski definition) is 0. The largest absolute Gasteiger partial charge is 2.00 e. The van der Waals surface area contributed by atoms with E-state index in [0.29, 0.717) is 0 Å². The normalized spacial score (nSPS) is 8.38. The summed E-state index contributed by atoms with van der Waals surface area (Å²) in [7, 11) is 0. The first kappa shape index (κ1) is 19.4. The number of fused-ring (bicyclic) bond motifs is 2. The molecule has 0 saturated heterocycles. The fraction of sp³-hybridized carbons (Fsp3) is 0. The van der Waals surface area contributed by atoms with Gasteiger partial charge in [-0.2, -0.15) is 0 Å². The number of rotatable bonds is 0. The quantitative estimate of drug-likeness (QED) is 0.341. The fourth-order valence-corrected chi connectivity index (χ4v) is 1.88. The summed E-state index contributed by atoms with van der Waals surface area (Å²) in [4.78, 5) is 16.5. The van der Waals surface area contributed by atoms with Crippen LogP contribution in [0.3, 0.4) is 0 Å². The Bertz CT molecular complexity index is 587. The Balaban J connectivity index is 0.000000502. The monoisotopic (exact) mass is 308 g/mol. The number of carboxylic acid groups (broad SMARTS) is 2. The molecule has 0 saturated carbocycles. The van der Waals surface area contributed by atoms with E-state index in [1.54, 1.807) is 0 Å². The van der Waals surface area contributed by atoms with Crippen molar-refractivity contribution >= 4 is 72.2 Å². The molecule has 5 heteroatoms. The Kier molecular flexibility index (Phi) is 10.2. The van der Waals surface area contributed by atoms with E-state index in [9.17, 15) is 0 Å². The first-order valence-corrected chi connectivity index (χ1v) is 5.75. The van der Waals surface area contributed by atoms with Crippen LogP contribution in [0.1, 0.15) is 0 Å². The van der Waals surface area contributed by atoms with Crippen molar-refractivity contribution in [3.05, 3.63) is 60.7 Å². The van der Waals surface area contributed by atoms with Gasteiger partial charge < -0.3 is 19.8 Å². The molecule has 0 atom stereocenters. The molecule has 0 amide bonds. The van der Waals surface area contributed by atoms with Crippen molar-refractivity contribution in [2.75, 3.05) is 0 Å². The summed E-state index contributed by atoms with van der Waals surface area (Å²) in [5, 5.41) is 21.7. The molecular weight excluding hydrogens is 296 g/mol. The first-order chi connectivity index (χ1) is 9.76. The van der Waals surface area contributed by atoms with E-state index < -0.39 is 12.9 Å². The maximum atomic E-state index is 8.25. The summed E-state index contributed by atoms with van der Waals surface area (Å²) >= 11 is 0. The van der Waals surface area contributed by atoms with Crippen molar-refractivity contribution in [2.24, 2.45) is 0 Å². The van der Waals surface area contributed by atoms with Crippen LogP contribution < -0.4 is 10.2 Å². The summed E-state index contributed by atoms with van der Waals surface area (Å²) in [6, 6.07) is 21.4. The van der Waals surface area contributed by atoms with Gasteiger partial charge in [-0.1, -0.05) is 48.5 Å². The molecule has 0 aromatic heterocycles. The van der Waals surface area contributed by atoms with Crippen LogP contribution in [-0.2, 0) is 9.59 Å². The van der Waals surface area contributed by atoms with Gasteiger partial charge in [0.2, 0.25) is 0 Å². The second-order valence-corrected chi connectivity index (χ2v) is 3.74. The smallest absolute Gasteiger partial charge is 0.554 e. The molecule has 102 valence electrons. The van der Waals surface area contributed by atoms with Gasteiger partial charge in [0, 0.05) is 12.9 Å². The maximum Gasteiger partial charge on any atom is 2.00 e. The van der Waals surface area contributed by atoms with E-state index in [1.807, 2.05) is 0 Å². The molecule has 0 bridgehead atoms. The van der Waals surface area contributed by atoms with Gasteiger partial charge >= 0.3 is 37.7 Å². The molecule has 0 fully saturated rings. The minimum absolute atomic E-state index is 0. The van der Waals surface area contributed by atoms with Crippen molar-refractivity contribution in [1.82, 2.24) is 0 Å². The molecule has 0 spiro atoms. The van der Waals surface area contributed by atoms with Crippen molar-refractivity contribution < 1.29 is 19.8 Å². The molecule has 21 heavy (non-hydrogen) atoms. The maximum absolute atomic E-state index is 8.25. The van der Waals surface area contributed by atoms with Crippen LogP contribution in [0.25, 0.3) is 21.5 Å². The van der Waals surface area contributed by atoms with Crippen LogP contribution in [0.2, 0.25) is 0 Å². The Hall–Kier alpha value is -1.62. The van der Waals surface area contributed by atoms with Gasteiger partial charge in [0.25, 0.3) is 0 Å². The second kappa shape index (κ2) is 11.1. The zero-order valence-electron chi connectivity index (χ0n) is 11.3. The van der Waals surface area contributed by atoms with Gasteiger partial charge in [0.05, 0.1) is 0 Å². The molecule has 0 aliphatic heterocycles. The van der Waals surface area contributed by atoms with Gasteiger partial charge in [0.1, 0.15) is 0 Å². The summed E-state index contributed by atoms with van der Waals surface area (Å²) in [6.45, 7) is -1.00. The predicted octanol–water partition coefficient (Wildman–Crippen LogP) is 0.344. The summed E-state index contributed by atoms with van der Waals surface area (Å²) < 4.78 is 0. The minimum Gasteiger partial charge on any atom is -0.554 e. The molecular formula is C16H12CaO4. The number of hydrogen-bond acceptors (Lipinski definition) is 4. The third-order valence-corrected chi connectivity index (χ3v) is 2.61. The van der Waals surface area contributed by atoms with Crippen LogP contribution >= 0.6 is 0 Å². The van der Waals surface area contributed by atoms with Crippen molar-refractivity contribution in [2.45, 2.75) is 0 Å². The molecule has 4 nitrogen and oxygen atoms in total. The average molecular weight is 308 g/mol. The Morgan fingerprint density at radius 1 is 0.619 bits per heavy atom. The van der Waals surface area contributed by atoms with Gasteiger partial charge in [0.15, 0.2) is 0 Å². The minimum atomic E-state index is -0.500. The third-order valence-electron chi connectivity index (χ3n) is 2.61. The van der Waals surface area contributed by atoms with Crippen molar-refractivity contribution in [3.8, 4) is 0 Å².